The molecule has 0 saturated carbocycles. The number of aromatic nitrogens is 2. The smallest absolute Gasteiger partial charge is 0.406 e. The maximum atomic E-state index is 13.4. The van der Waals surface area contributed by atoms with Crippen LogP contribution in [0.25, 0.3) is 11.0 Å². The van der Waals surface area contributed by atoms with Crippen LogP contribution >= 0.6 is 0 Å². The van der Waals surface area contributed by atoms with E-state index in [1.54, 1.807) is 24.3 Å². The van der Waals surface area contributed by atoms with E-state index in [2.05, 4.69) is 44.6 Å². The lowest BCUT2D eigenvalue weighted by molar-refractivity contribution is -0.139. The second-order valence-electron chi connectivity index (χ2n) is 10.1. The fraction of sp³-hybridized carbons (Fsp3) is 0.414. The first-order chi connectivity index (χ1) is 19.5. The number of ether oxygens (including phenoxy) is 1. The Kier molecular flexibility index (Phi) is 9.08. The van der Waals surface area contributed by atoms with Crippen molar-refractivity contribution in [2.24, 2.45) is 5.92 Å². The first-order valence-electron chi connectivity index (χ1n) is 13.2. The quantitative estimate of drug-likeness (QED) is 0.376. The normalized spacial score (nSPS) is 17.4. The van der Waals surface area contributed by atoms with Crippen molar-refractivity contribution in [2.45, 2.75) is 32.1 Å². The summed E-state index contributed by atoms with van der Waals surface area (Å²) in [6, 6.07) is 7.92. The summed E-state index contributed by atoms with van der Waals surface area (Å²) in [5.74, 6) is 5.96. The van der Waals surface area contributed by atoms with Crippen molar-refractivity contribution in [3.05, 3.63) is 53.3 Å². The van der Waals surface area contributed by atoms with Gasteiger partial charge in [0.15, 0.2) is 0 Å². The van der Waals surface area contributed by atoms with Gasteiger partial charge in [-0.2, -0.15) is 13.2 Å². The summed E-state index contributed by atoms with van der Waals surface area (Å²) in [7, 11) is 5.06. The number of hydrogen-bond acceptors (Lipinski definition) is 6. The Morgan fingerprint density at radius 3 is 2.66 bits per heavy atom. The van der Waals surface area contributed by atoms with Crippen LogP contribution in [0.3, 0.4) is 0 Å². The van der Waals surface area contributed by atoms with Crippen molar-refractivity contribution in [2.75, 3.05) is 46.2 Å². The van der Waals surface area contributed by atoms with Crippen molar-refractivity contribution in [3.63, 3.8) is 0 Å². The third-order valence-electron chi connectivity index (χ3n) is 7.03. The van der Waals surface area contributed by atoms with Crippen LogP contribution in [0.4, 0.5) is 18.9 Å². The van der Waals surface area contributed by atoms with Crippen LogP contribution in [-0.4, -0.2) is 79.3 Å². The Balaban J connectivity index is 1.62. The van der Waals surface area contributed by atoms with E-state index in [4.69, 9.17) is 4.74 Å². The molecule has 218 valence electrons. The molecule has 4 rings (SSSR count). The van der Waals surface area contributed by atoms with E-state index in [0.29, 0.717) is 22.6 Å². The number of carbonyl (C=O) groups excluding carboxylic acids is 2. The molecular weight excluding hydrogens is 537 g/mol. The Morgan fingerprint density at radius 2 is 1.98 bits per heavy atom. The van der Waals surface area contributed by atoms with E-state index in [-0.39, 0.29) is 41.0 Å². The van der Waals surface area contributed by atoms with E-state index < -0.39 is 18.6 Å². The van der Waals surface area contributed by atoms with Gasteiger partial charge in [0.2, 0.25) is 0 Å². The molecule has 1 saturated heterocycles. The van der Waals surface area contributed by atoms with E-state index in [9.17, 15) is 22.8 Å². The predicted octanol–water partition coefficient (Wildman–Crippen LogP) is 3.50. The largest absolute Gasteiger partial charge is 0.495 e. The number of halogens is 3. The van der Waals surface area contributed by atoms with Crippen LogP contribution in [-0.2, 0) is 6.54 Å². The number of nitrogens with one attached hydrogen (secondary N) is 3. The Morgan fingerprint density at radius 1 is 1.20 bits per heavy atom. The summed E-state index contributed by atoms with van der Waals surface area (Å²) in [5.41, 5.74) is 1.88. The minimum atomic E-state index is -4.46. The maximum Gasteiger partial charge on any atom is 0.406 e. The summed E-state index contributed by atoms with van der Waals surface area (Å²) in [6.07, 6.45) is -2.60. The topological polar surface area (TPSA) is 101 Å². The van der Waals surface area contributed by atoms with Crippen LogP contribution < -0.4 is 20.7 Å². The molecule has 0 unspecified atom stereocenters. The molecule has 0 spiro atoms. The van der Waals surface area contributed by atoms with Crippen molar-refractivity contribution in [1.29, 1.82) is 0 Å². The molecule has 0 bridgehead atoms. The van der Waals surface area contributed by atoms with Crippen LogP contribution in [0, 0.1) is 17.8 Å². The summed E-state index contributed by atoms with van der Waals surface area (Å²) < 4.78 is 46.1. The van der Waals surface area contributed by atoms with Crippen molar-refractivity contribution < 1.29 is 27.5 Å². The third-order valence-corrected chi connectivity index (χ3v) is 7.03. The number of methoxy groups -OCH3 is 1. The molecule has 1 aliphatic heterocycles. The van der Waals surface area contributed by atoms with Gasteiger partial charge in [0.1, 0.15) is 17.8 Å². The number of amides is 2. The minimum Gasteiger partial charge on any atom is -0.495 e. The zero-order valence-corrected chi connectivity index (χ0v) is 23.4. The monoisotopic (exact) mass is 570 g/mol. The summed E-state index contributed by atoms with van der Waals surface area (Å²) in [4.78, 5) is 31.8. The van der Waals surface area contributed by atoms with Gasteiger partial charge in [-0.15, -0.1) is 0 Å². The van der Waals surface area contributed by atoms with Crippen LogP contribution in [0.5, 0.6) is 5.75 Å². The standard InChI is InChI=1S/C29H33F3N6O3/c1-18-15-37(3)11-9-22(18)36-28(40)21-12-19(13-24-26(21)35-17-38(24)16-29(30,31)32)6-5-10-34-23-14-20(27(39)33-2)7-8-25(23)41-4/h7-8,12-14,17-18,22,34H,9-11,15-16H2,1-4H3,(H,33,39)(H,36,40)/t18-,22-/m1/s1. The lowest BCUT2D eigenvalue weighted by Crippen LogP contribution is -2.48. The molecule has 1 aliphatic rings. The average Bonchev–Trinajstić information content (AvgIpc) is 3.32. The molecule has 41 heavy (non-hydrogen) atoms. The molecule has 2 heterocycles. The second kappa shape index (κ2) is 12.5. The summed E-state index contributed by atoms with van der Waals surface area (Å²) in [5, 5.41) is 8.72. The highest BCUT2D eigenvalue weighted by molar-refractivity contribution is 6.05. The molecule has 2 atom stereocenters. The fourth-order valence-electron chi connectivity index (χ4n) is 4.96. The molecule has 1 aromatic heterocycles. The Labute approximate surface area is 236 Å². The maximum absolute atomic E-state index is 13.4. The van der Waals surface area contributed by atoms with Gasteiger partial charge in [0.05, 0.1) is 36.7 Å². The Hall–Kier alpha value is -4.24. The highest BCUT2D eigenvalue weighted by atomic mass is 19.4. The number of anilines is 1. The molecule has 3 N–H and O–H groups in total. The molecule has 2 aromatic carbocycles. The van der Waals surface area contributed by atoms with Gasteiger partial charge in [-0.3, -0.25) is 9.59 Å². The molecule has 12 heteroatoms. The second-order valence-corrected chi connectivity index (χ2v) is 10.1. The predicted molar refractivity (Wildman–Crippen MR) is 150 cm³/mol. The van der Waals surface area contributed by atoms with Crippen LogP contribution in [0.2, 0.25) is 0 Å². The molecule has 1 fully saturated rings. The van der Waals surface area contributed by atoms with Crippen molar-refractivity contribution in [3.8, 4) is 17.6 Å². The molecule has 3 aromatic rings. The van der Waals surface area contributed by atoms with Crippen LogP contribution in [0.15, 0.2) is 36.7 Å². The first-order valence-corrected chi connectivity index (χ1v) is 13.2. The van der Waals surface area contributed by atoms with Crippen LogP contribution in [0.1, 0.15) is 39.6 Å². The SMILES string of the molecule is CNC(=O)c1ccc(OC)c(NCC#Cc2cc(C(=O)N[C@@H]3CCN(C)C[C@H]3C)c3ncn(CC(F)(F)F)c3c2)c1. The first kappa shape index (κ1) is 29.7. The fourth-order valence-corrected chi connectivity index (χ4v) is 4.96. The molecular formula is C29H33F3N6O3. The number of carbonyl (C=O) groups is 2. The van der Waals surface area contributed by atoms with Gasteiger partial charge in [-0.05, 0) is 56.3 Å². The zero-order valence-electron chi connectivity index (χ0n) is 23.4. The van der Waals surface area contributed by atoms with E-state index in [1.165, 1.54) is 20.2 Å². The highest BCUT2D eigenvalue weighted by Crippen LogP contribution is 2.27. The highest BCUT2D eigenvalue weighted by Gasteiger charge is 2.30. The molecule has 2 amide bonds. The lowest BCUT2D eigenvalue weighted by atomic mass is 9.93. The van der Waals surface area contributed by atoms with Crippen molar-refractivity contribution in [1.82, 2.24) is 25.1 Å². The van der Waals surface area contributed by atoms with Gasteiger partial charge in [0, 0.05) is 30.8 Å². The minimum absolute atomic E-state index is 0.0644. The summed E-state index contributed by atoms with van der Waals surface area (Å²) in [6.45, 7) is 2.62. The molecule has 0 aliphatic carbocycles. The molecule has 9 nitrogen and oxygen atoms in total. The number of fused-ring (bicyclic) bond motifs is 1. The Bertz CT molecular complexity index is 1490. The van der Waals surface area contributed by atoms with E-state index in [1.807, 2.05) is 7.05 Å². The van der Waals surface area contributed by atoms with Gasteiger partial charge in [0.25, 0.3) is 11.8 Å². The number of rotatable bonds is 7. The number of likely N-dealkylation sites (tertiary alicyclic amines) is 1. The van der Waals surface area contributed by atoms with E-state index >= 15 is 0 Å². The van der Waals surface area contributed by atoms with Gasteiger partial charge in [-0.1, -0.05) is 18.8 Å². The number of imidazole rings is 1. The third kappa shape index (κ3) is 7.29. The van der Waals surface area contributed by atoms with Gasteiger partial charge in [-0.25, -0.2) is 4.98 Å². The number of benzene rings is 2. The average molecular weight is 571 g/mol. The van der Waals surface area contributed by atoms with Gasteiger partial charge >= 0.3 is 6.18 Å². The number of alkyl halides is 3. The van der Waals surface area contributed by atoms with E-state index in [0.717, 1.165) is 30.4 Å². The van der Waals surface area contributed by atoms with Gasteiger partial charge < -0.3 is 30.2 Å². The number of nitrogens with zero attached hydrogens (tertiary/aromatic N) is 3. The zero-order chi connectivity index (χ0) is 29.7. The summed E-state index contributed by atoms with van der Waals surface area (Å²) >= 11 is 0. The van der Waals surface area contributed by atoms with Crippen molar-refractivity contribution >= 4 is 28.5 Å². The molecule has 0 radical (unpaired) electrons. The number of hydrogen-bond donors (Lipinski definition) is 3. The number of piperidine rings is 1. The lowest BCUT2D eigenvalue weighted by Gasteiger charge is -2.35.